The lowest BCUT2D eigenvalue weighted by molar-refractivity contribution is 0.102. The van der Waals surface area contributed by atoms with Crippen LogP contribution in [0.5, 0.6) is 0 Å². The minimum atomic E-state index is -0.256. The molecule has 1 saturated heterocycles. The van der Waals surface area contributed by atoms with E-state index in [-0.39, 0.29) is 11.3 Å². The van der Waals surface area contributed by atoms with Crippen molar-refractivity contribution in [2.45, 2.75) is 65.2 Å². The van der Waals surface area contributed by atoms with Crippen LogP contribution in [-0.2, 0) is 6.42 Å². The average Bonchev–Trinajstić information content (AvgIpc) is 3.37. The third-order valence-corrected chi connectivity index (χ3v) is 5.82. The molecule has 0 spiro atoms. The highest BCUT2D eigenvalue weighted by Crippen LogP contribution is 2.41. The summed E-state index contributed by atoms with van der Waals surface area (Å²) in [5, 5.41) is 15.0. The van der Waals surface area contributed by atoms with Gasteiger partial charge in [0.15, 0.2) is 0 Å². The molecule has 3 aromatic heterocycles. The predicted molar refractivity (Wildman–Crippen MR) is 117 cm³/mol. The van der Waals surface area contributed by atoms with Gasteiger partial charge in [-0.2, -0.15) is 4.98 Å². The van der Waals surface area contributed by atoms with Gasteiger partial charge in [0.05, 0.1) is 16.6 Å². The maximum Gasteiger partial charge on any atom is 0.259 e. The summed E-state index contributed by atoms with van der Waals surface area (Å²) in [5.74, 6) is 1.11. The monoisotopic (exact) mass is 423 g/mol. The highest BCUT2D eigenvalue weighted by Gasteiger charge is 2.30. The Kier molecular flexibility index (Phi) is 4.91. The van der Waals surface area contributed by atoms with Gasteiger partial charge in [-0.05, 0) is 50.0 Å². The Morgan fingerprint density at radius 3 is 2.71 bits per heavy atom. The van der Waals surface area contributed by atoms with Crippen LogP contribution in [0.25, 0.3) is 11.1 Å². The van der Waals surface area contributed by atoms with Gasteiger partial charge in [0.1, 0.15) is 0 Å². The number of pyridine rings is 1. The number of H-pyrrole nitrogens is 1. The number of hydrogen-bond donors (Lipinski definition) is 2. The second-order valence-electron chi connectivity index (χ2n) is 9.90. The molecular formula is C22H29N7O2. The van der Waals surface area contributed by atoms with Crippen LogP contribution in [0.3, 0.4) is 0 Å². The summed E-state index contributed by atoms with van der Waals surface area (Å²) >= 11 is 0. The number of carbonyl (C=O) groups excluding carboxylic acids is 1. The van der Waals surface area contributed by atoms with Crippen LogP contribution >= 0.6 is 0 Å². The third kappa shape index (κ3) is 4.26. The molecule has 5 rings (SSSR count). The topological polar surface area (TPSA) is 113 Å². The molecule has 3 aromatic rings. The minimum Gasteiger partial charge on any atom is -0.340 e. The molecular weight excluding hydrogens is 394 g/mol. The Morgan fingerprint density at radius 1 is 1.23 bits per heavy atom. The van der Waals surface area contributed by atoms with Gasteiger partial charge in [0.2, 0.25) is 11.9 Å². The van der Waals surface area contributed by atoms with Crippen molar-refractivity contribution in [3.05, 3.63) is 23.0 Å². The van der Waals surface area contributed by atoms with Crippen LogP contribution in [0.2, 0.25) is 0 Å². The molecule has 0 bridgehead atoms. The number of nitrogens with zero attached hydrogens (tertiary/aromatic N) is 5. The molecule has 1 saturated carbocycles. The van der Waals surface area contributed by atoms with E-state index in [0.29, 0.717) is 40.9 Å². The highest BCUT2D eigenvalue weighted by atomic mass is 16.5. The Bertz CT molecular complexity index is 1100. The van der Waals surface area contributed by atoms with Crippen LogP contribution in [0.4, 0.5) is 11.9 Å². The summed E-state index contributed by atoms with van der Waals surface area (Å²) in [4.78, 5) is 24.6. The fraction of sp³-hybridized carbons (Fsp3) is 0.591. The summed E-state index contributed by atoms with van der Waals surface area (Å²) in [5.41, 5.74) is 2.61. The molecule has 2 fully saturated rings. The molecule has 9 heteroatoms. The van der Waals surface area contributed by atoms with Crippen LogP contribution in [0.15, 0.2) is 10.6 Å². The number of anilines is 2. The normalized spacial score (nSPS) is 17.3. The molecule has 0 radical (unpaired) electrons. The van der Waals surface area contributed by atoms with E-state index in [2.05, 4.69) is 56.3 Å². The predicted octanol–water partition coefficient (Wildman–Crippen LogP) is 4.05. The summed E-state index contributed by atoms with van der Waals surface area (Å²) in [7, 11) is 0. The molecule has 0 atom stereocenters. The van der Waals surface area contributed by atoms with Gasteiger partial charge < -0.3 is 9.42 Å². The molecule has 1 amide bonds. The van der Waals surface area contributed by atoms with E-state index in [0.717, 1.165) is 50.2 Å². The van der Waals surface area contributed by atoms with E-state index in [1.54, 1.807) is 0 Å². The highest BCUT2D eigenvalue weighted by molar-refractivity contribution is 6.11. The molecule has 2 aliphatic rings. The van der Waals surface area contributed by atoms with Crippen LogP contribution in [0, 0.1) is 5.41 Å². The van der Waals surface area contributed by atoms with Gasteiger partial charge in [-0.3, -0.25) is 10.1 Å². The van der Waals surface area contributed by atoms with Crippen molar-refractivity contribution >= 4 is 28.9 Å². The summed E-state index contributed by atoms with van der Waals surface area (Å²) < 4.78 is 5.55. The maximum absolute atomic E-state index is 13.3. The fourth-order valence-electron chi connectivity index (χ4n) is 4.14. The number of piperidine rings is 1. The number of aromatic nitrogens is 5. The smallest absolute Gasteiger partial charge is 0.259 e. The van der Waals surface area contributed by atoms with Crippen LogP contribution in [-0.4, -0.2) is 44.3 Å². The van der Waals surface area contributed by atoms with E-state index < -0.39 is 0 Å². The van der Waals surface area contributed by atoms with Gasteiger partial charge in [-0.25, -0.2) is 10.1 Å². The molecule has 1 aliphatic heterocycles. The fourth-order valence-corrected chi connectivity index (χ4v) is 4.14. The lowest BCUT2D eigenvalue weighted by atomic mass is 9.89. The Labute approximate surface area is 181 Å². The molecule has 9 nitrogen and oxygen atoms in total. The number of fused-ring (bicyclic) bond motifs is 1. The quantitative estimate of drug-likeness (QED) is 0.636. The van der Waals surface area contributed by atoms with Crippen molar-refractivity contribution in [3.8, 4) is 0 Å². The largest absolute Gasteiger partial charge is 0.340 e. The molecule has 1 aliphatic carbocycles. The van der Waals surface area contributed by atoms with E-state index in [1.165, 1.54) is 6.42 Å². The summed E-state index contributed by atoms with van der Waals surface area (Å²) in [6.45, 7) is 8.29. The lowest BCUT2D eigenvalue weighted by Gasteiger charge is -2.24. The zero-order chi connectivity index (χ0) is 21.6. The summed E-state index contributed by atoms with van der Waals surface area (Å²) in [6.07, 6.45) is 6.37. The maximum atomic E-state index is 13.3. The number of rotatable bonds is 5. The Hall–Kier alpha value is -2.97. The van der Waals surface area contributed by atoms with Gasteiger partial charge >= 0.3 is 0 Å². The third-order valence-electron chi connectivity index (χ3n) is 5.82. The van der Waals surface area contributed by atoms with Crippen molar-refractivity contribution in [1.29, 1.82) is 0 Å². The van der Waals surface area contributed by atoms with Gasteiger partial charge in [0, 0.05) is 24.7 Å². The van der Waals surface area contributed by atoms with E-state index in [9.17, 15) is 4.79 Å². The zero-order valence-electron chi connectivity index (χ0n) is 18.4. The Balaban J connectivity index is 1.45. The molecule has 0 unspecified atom stereocenters. The molecule has 164 valence electrons. The van der Waals surface area contributed by atoms with Crippen LogP contribution < -0.4 is 10.2 Å². The van der Waals surface area contributed by atoms with Gasteiger partial charge in [0.25, 0.3) is 11.6 Å². The average molecular weight is 424 g/mol. The number of nitrogens with one attached hydrogen (secondary N) is 2. The second-order valence-corrected chi connectivity index (χ2v) is 9.90. The molecule has 0 aromatic carbocycles. The second kappa shape index (κ2) is 7.62. The molecule has 31 heavy (non-hydrogen) atoms. The summed E-state index contributed by atoms with van der Waals surface area (Å²) in [6, 6.07) is 1.89. The van der Waals surface area contributed by atoms with E-state index in [4.69, 9.17) is 4.52 Å². The number of amides is 1. The number of carbonyl (C=O) groups is 1. The van der Waals surface area contributed by atoms with Crippen LogP contribution in [0.1, 0.15) is 80.5 Å². The molecule has 2 N–H and O–H groups in total. The number of hydrogen-bond acceptors (Lipinski definition) is 7. The SMILES string of the molecule is CC(C)(C)Cc1noc2nc(C3CC3)cc(C(=O)Nc3nc(N4CCCCC4)n[nH]3)c12. The molecule has 4 heterocycles. The van der Waals surface area contributed by atoms with Crippen molar-refractivity contribution < 1.29 is 9.32 Å². The Morgan fingerprint density at radius 2 is 2.00 bits per heavy atom. The first kappa shape index (κ1) is 20.0. The first-order chi connectivity index (χ1) is 14.9. The first-order valence-corrected chi connectivity index (χ1v) is 11.2. The van der Waals surface area contributed by atoms with Gasteiger partial charge in [-0.1, -0.05) is 25.9 Å². The van der Waals surface area contributed by atoms with Crippen molar-refractivity contribution in [1.82, 2.24) is 25.3 Å². The van der Waals surface area contributed by atoms with Crippen molar-refractivity contribution in [3.63, 3.8) is 0 Å². The standard InChI is InChI=1S/C22H29N7O2/c1-22(2,3)12-16-17-14(11-15(13-7-8-13)23-19(17)31-28-16)18(30)24-20-25-21(27-26-20)29-9-5-4-6-10-29/h11,13H,4-10,12H2,1-3H3,(H2,24,25,26,27,30). The first-order valence-electron chi connectivity index (χ1n) is 11.2. The zero-order valence-corrected chi connectivity index (χ0v) is 18.4. The number of aromatic amines is 1. The van der Waals surface area contributed by atoms with Crippen molar-refractivity contribution in [2.24, 2.45) is 5.41 Å². The van der Waals surface area contributed by atoms with E-state index in [1.807, 2.05) is 6.07 Å². The minimum absolute atomic E-state index is 0.000981. The van der Waals surface area contributed by atoms with E-state index >= 15 is 0 Å². The lowest BCUT2D eigenvalue weighted by Crippen LogP contribution is -2.30. The van der Waals surface area contributed by atoms with Crippen molar-refractivity contribution in [2.75, 3.05) is 23.3 Å². The van der Waals surface area contributed by atoms with Gasteiger partial charge in [-0.15, -0.1) is 5.10 Å².